The van der Waals surface area contributed by atoms with Gasteiger partial charge in [-0.25, -0.2) is 0 Å². The number of nitrogens with one attached hydrogen (secondary N) is 1. The van der Waals surface area contributed by atoms with Crippen LogP contribution in [0.3, 0.4) is 0 Å². The average molecular weight is 224 g/mol. The first-order chi connectivity index (χ1) is 5.18. The van der Waals surface area contributed by atoms with Gasteiger partial charge in [-0.15, -0.1) is 0 Å². The minimum Gasteiger partial charge on any atom is -0.257 e. The maximum absolute atomic E-state index is 4.89. The van der Waals surface area contributed by atoms with Crippen molar-refractivity contribution in [2.24, 2.45) is 0 Å². The van der Waals surface area contributed by atoms with Crippen molar-refractivity contribution in [3.05, 3.63) is 3.95 Å². The Bertz CT molecular complexity index is 263. The Hall–Kier alpha value is 0.480. The van der Waals surface area contributed by atoms with Crippen LogP contribution in [0.1, 0.15) is 13.8 Å². The molecule has 0 aliphatic rings. The molecule has 0 fully saturated rings. The topological polar surface area (TPSA) is 28.7 Å². The molecule has 0 amide bonds. The Labute approximate surface area is 82.6 Å². The Morgan fingerprint density at radius 1 is 1.64 bits per heavy atom. The quantitative estimate of drug-likeness (QED) is 0.629. The summed E-state index contributed by atoms with van der Waals surface area (Å²) in [5, 5.41) is 7.38. The van der Waals surface area contributed by atoms with E-state index in [1.165, 1.54) is 11.3 Å². The highest BCUT2D eigenvalue weighted by atomic mass is 33.1. The van der Waals surface area contributed by atoms with Crippen LogP contribution < -0.4 is 0 Å². The number of aromatic nitrogens is 2. The normalized spacial score (nSPS) is 10.8. The van der Waals surface area contributed by atoms with E-state index < -0.39 is 0 Å². The second-order valence-electron chi connectivity index (χ2n) is 2.11. The summed E-state index contributed by atoms with van der Waals surface area (Å²) >= 11 is 6.41. The first-order valence-electron chi connectivity index (χ1n) is 3.07. The van der Waals surface area contributed by atoms with Crippen LogP contribution in [0, 0.1) is 3.95 Å². The van der Waals surface area contributed by atoms with E-state index >= 15 is 0 Å². The lowest BCUT2D eigenvalue weighted by atomic mass is 10.6. The Morgan fingerprint density at radius 2 is 2.36 bits per heavy atom. The zero-order chi connectivity index (χ0) is 8.27. The summed E-state index contributed by atoms with van der Waals surface area (Å²) in [5.74, 6) is 0. The molecule has 0 aromatic carbocycles. The van der Waals surface area contributed by atoms with E-state index in [9.17, 15) is 0 Å². The Balaban J connectivity index is 2.45. The predicted octanol–water partition coefficient (Wildman–Crippen LogP) is 3.35. The molecule has 0 bridgehead atoms. The highest BCUT2D eigenvalue weighted by molar-refractivity contribution is 8.77. The molecule has 1 heterocycles. The van der Waals surface area contributed by atoms with Crippen molar-refractivity contribution in [3.8, 4) is 0 Å². The van der Waals surface area contributed by atoms with E-state index in [0.717, 1.165) is 8.29 Å². The number of aromatic amines is 1. The Kier molecular flexibility index (Phi) is 3.91. The molecule has 11 heavy (non-hydrogen) atoms. The molecule has 0 aliphatic carbocycles. The highest BCUT2D eigenvalue weighted by Crippen LogP contribution is 2.34. The fourth-order valence-electron chi connectivity index (χ4n) is 0.389. The summed E-state index contributed by atoms with van der Waals surface area (Å²) in [4.78, 5) is 0. The summed E-state index contributed by atoms with van der Waals surface area (Å²) in [6.45, 7) is 4.31. The zero-order valence-corrected chi connectivity index (χ0v) is 9.42. The van der Waals surface area contributed by atoms with Crippen LogP contribution in [0.4, 0.5) is 0 Å². The number of rotatable bonds is 3. The fraction of sp³-hybridized carbons (Fsp3) is 0.600. The Morgan fingerprint density at radius 3 is 2.82 bits per heavy atom. The fourth-order valence-corrected chi connectivity index (χ4v) is 3.51. The van der Waals surface area contributed by atoms with E-state index in [1.807, 2.05) is 0 Å². The van der Waals surface area contributed by atoms with Gasteiger partial charge < -0.3 is 0 Å². The molecule has 0 saturated heterocycles. The molecule has 0 atom stereocenters. The highest BCUT2D eigenvalue weighted by Gasteiger charge is 2.00. The first kappa shape index (κ1) is 9.57. The molecule has 1 N–H and O–H groups in total. The molecule has 0 aliphatic heterocycles. The summed E-state index contributed by atoms with van der Waals surface area (Å²) < 4.78 is 1.76. The van der Waals surface area contributed by atoms with Crippen LogP contribution in [-0.2, 0) is 0 Å². The van der Waals surface area contributed by atoms with Gasteiger partial charge in [0.25, 0.3) is 0 Å². The van der Waals surface area contributed by atoms with Gasteiger partial charge in [0.15, 0.2) is 8.29 Å². The van der Waals surface area contributed by atoms with Gasteiger partial charge in [0.2, 0.25) is 0 Å². The van der Waals surface area contributed by atoms with Crippen molar-refractivity contribution in [3.63, 3.8) is 0 Å². The average Bonchev–Trinajstić information content (AvgIpc) is 2.31. The minimum atomic E-state index is 0.623. The lowest BCUT2D eigenvalue weighted by Crippen LogP contribution is -1.80. The van der Waals surface area contributed by atoms with Gasteiger partial charge in [-0.3, -0.25) is 5.10 Å². The van der Waals surface area contributed by atoms with E-state index in [1.54, 1.807) is 21.6 Å². The second-order valence-corrected chi connectivity index (χ2v) is 6.80. The third kappa shape index (κ3) is 3.59. The monoisotopic (exact) mass is 224 g/mol. The molecule has 0 spiro atoms. The first-order valence-corrected chi connectivity index (χ1v) is 6.51. The number of hydrogen-bond donors (Lipinski definition) is 1. The molecular formula is C5H8N2S4. The summed E-state index contributed by atoms with van der Waals surface area (Å²) in [7, 11) is 3.47. The van der Waals surface area contributed by atoms with Gasteiger partial charge in [0.1, 0.15) is 0 Å². The molecule has 1 aromatic heterocycles. The SMILES string of the molecule is CC(C)SSc1n[nH]c(=S)s1. The molecular weight excluding hydrogens is 216 g/mol. The molecule has 0 radical (unpaired) electrons. The lowest BCUT2D eigenvalue weighted by molar-refractivity contribution is 1.01. The zero-order valence-electron chi connectivity index (χ0n) is 6.16. The summed E-state index contributed by atoms with van der Waals surface area (Å²) in [5.41, 5.74) is 0. The third-order valence-electron chi connectivity index (χ3n) is 0.730. The molecule has 6 heteroatoms. The van der Waals surface area contributed by atoms with Crippen molar-refractivity contribution in [2.45, 2.75) is 23.4 Å². The molecule has 2 nitrogen and oxygen atoms in total. The van der Waals surface area contributed by atoms with E-state index in [-0.39, 0.29) is 0 Å². The molecule has 1 aromatic rings. The third-order valence-corrected chi connectivity index (χ3v) is 5.06. The van der Waals surface area contributed by atoms with Crippen LogP contribution in [0.15, 0.2) is 4.34 Å². The summed E-state index contributed by atoms with van der Waals surface area (Å²) in [6.07, 6.45) is 0. The number of H-pyrrole nitrogens is 1. The van der Waals surface area contributed by atoms with E-state index in [4.69, 9.17) is 12.2 Å². The second kappa shape index (κ2) is 4.49. The van der Waals surface area contributed by atoms with Crippen LogP contribution in [-0.4, -0.2) is 15.4 Å². The van der Waals surface area contributed by atoms with Crippen molar-refractivity contribution in [1.29, 1.82) is 0 Å². The standard InChI is InChI=1S/C5H8N2S4/c1-3(2)10-11-5-7-6-4(8)9-5/h3H,1-2H3,(H,6,8). The maximum atomic E-state index is 4.89. The molecule has 1 rings (SSSR count). The van der Waals surface area contributed by atoms with Crippen LogP contribution >= 0.6 is 45.1 Å². The van der Waals surface area contributed by atoms with Crippen molar-refractivity contribution < 1.29 is 0 Å². The largest absolute Gasteiger partial charge is 0.257 e. The van der Waals surface area contributed by atoms with Crippen molar-refractivity contribution in [1.82, 2.24) is 10.2 Å². The minimum absolute atomic E-state index is 0.623. The van der Waals surface area contributed by atoms with E-state index in [2.05, 4.69) is 24.0 Å². The molecule has 0 unspecified atom stereocenters. The smallest absolute Gasteiger partial charge is 0.183 e. The number of nitrogens with zero attached hydrogens (tertiary/aromatic N) is 1. The van der Waals surface area contributed by atoms with Crippen molar-refractivity contribution in [2.75, 3.05) is 0 Å². The predicted molar refractivity (Wildman–Crippen MR) is 55.9 cm³/mol. The lowest BCUT2D eigenvalue weighted by Gasteiger charge is -1.97. The van der Waals surface area contributed by atoms with Gasteiger partial charge in [0, 0.05) is 5.25 Å². The van der Waals surface area contributed by atoms with E-state index in [0.29, 0.717) is 5.25 Å². The maximum Gasteiger partial charge on any atom is 0.183 e. The van der Waals surface area contributed by atoms with Crippen LogP contribution in [0.5, 0.6) is 0 Å². The van der Waals surface area contributed by atoms with Crippen LogP contribution in [0.25, 0.3) is 0 Å². The number of hydrogen-bond acceptors (Lipinski definition) is 5. The van der Waals surface area contributed by atoms with Crippen molar-refractivity contribution >= 4 is 45.1 Å². The molecule has 62 valence electrons. The van der Waals surface area contributed by atoms with Gasteiger partial charge in [0.05, 0.1) is 0 Å². The molecule has 0 saturated carbocycles. The summed E-state index contributed by atoms with van der Waals surface area (Å²) in [6, 6.07) is 0. The van der Waals surface area contributed by atoms with Gasteiger partial charge >= 0.3 is 0 Å². The van der Waals surface area contributed by atoms with Gasteiger partial charge in [-0.1, -0.05) is 36.0 Å². The van der Waals surface area contributed by atoms with Gasteiger partial charge in [-0.2, -0.15) is 5.10 Å². The van der Waals surface area contributed by atoms with Gasteiger partial charge in [-0.05, 0) is 23.0 Å². The van der Waals surface area contributed by atoms with Crippen LogP contribution in [0.2, 0.25) is 0 Å².